The molecule has 0 unspecified atom stereocenters. The fraction of sp³-hybridized carbons (Fsp3) is 0.500. The number of hydrogen-bond donors (Lipinski definition) is 1. The Labute approximate surface area is 90.4 Å². The topological polar surface area (TPSA) is 30.5 Å². The van der Waals surface area contributed by atoms with E-state index < -0.39 is 0 Å². The van der Waals surface area contributed by atoms with Crippen molar-refractivity contribution in [3.63, 3.8) is 0 Å². The summed E-state index contributed by atoms with van der Waals surface area (Å²) in [6.45, 7) is 0. The van der Waals surface area contributed by atoms with Crippen molar-refractivity contribution in [1.82, 2.24) is 0 Å². The Morgan fingerprint density at radius 1 is 1.13 bits per heavy atom. The van der Waals surface area contributed by atoms with Crippen molar-refractivity contribution in [2.75, 3.05) is 19.5 Å². The van der Waals surface area contributed by atoms with Crippen LogP contribution in [0.2, 0.25) is 0 Å². The van der Waals surface area contributed by atoms with E-state index in [0.717, 1.165) is 17.2 Å². The van der Waals surface area contributed by atoms with E-state index in [2.05, 4.69) is 5.32 Å². The molecular formula is C12H17NO2. The Balaban J connectivity index is 2.10. The van der Waals surface area contributed by atoms with Gasteiger partial charge in [-0.15, -0.1) is 0 Å². The Kier molecular flexibility index (Phi) is 2.99. The second-order valence-electron chi connectivity index (χ2n) is 3.84. The van der Waals surface area contributed by atoms with Crippen LogP contribution >= 0.6 is 0 Å². The van der Waals surface area contributed by atoms with Gasteiger partial charge >= 0.3 is 0 Å². The zero-order valence-corrected chi connectivity index (χ0v) is 9.25. The first-order valence-corrected chi connectivity index (χ1v) is 5.32. The minimum Gasteiger partial charge on any atom is -0.493 e. The zero-order valence-electron chi connectivity index (χ0n) is 9.25. The van der Waals surface area contributed by atoms with Crippen molar-refractivity contribution in [2.45, 2.75) is 25.3 Å². The molecule has 1 aliphatic rings. The summed E-state index contributed by atoms with van der Waals surface area (Å²) >= 11 is 0. The largest absolute Gasteiger partial charge is 0.493 e. The molecule has 1 aromatic carbocycles. The summed E-state index contributed by atoms with van der Waals surface area (Å²) < 4.78 is 10.4. The maximum Gasteiger partial charge on any atom is 0.162 e. The van der Waals surface area contributed by atoms with Gasteiger partial charge in [0.1, 0.15) is 0 Å². The molecule has 15 heavy (non-hydrogen) atoms. The van der Waals surface area contributed by atoms with Gasteiger partial charge in [0.2, 0.25) is 0 Å². The molecule has 0 atom stereocenters. The van der Waals surface area contributed by atoms with Crippen LogP contribution in [0.3, 0.4) is 0 Å². The average Bonchev–Trinajstić information content (AvgIpc) is 2.23. The highest BCUT2D eigenvalue weighted by atomic mass is 16.5. The molecule has 1 aromatic rings. The van der Waals surface area contributed by atoms with Gasteiger partial charge in [0.25, 0.3) is 0 Å². The van der Waals surface area contributed by atoms with Crippen molar-refractivity contribution in [1.29, 1.82) is 0 Å². The number of ether oxygens (including phenoxy) is 2. The SMILES string of the molecule is COc1ccc(NC2CCC2)cc1OC. The van der Waals surface area contributed by atoms with Gasteiger partial charge in [-0.2, -0.15) is 0 Å². The van der Waals surface area contributed by atoms with Crippen LogP contribution in [0.25, 0.3) is 0 Å². The number of rotatable bonds is 4. The maximum atomic E-state index is 5.25. The van der Waals surface area contributed by atoms with Crippen LogP contribution in [0.4, 0.5) is 5.69 Å². The zero-order chi connectivity index (χ0) is 10.7. The minimum atomic E-state index is 0.642. The van der Waals surface area contributed by atoms with Crippen LogP contribution in [0.5, 0.6) is 11.5 Å². The highest BCUT2D eigenvalue weighted by Crippen LogP contribution is 2.31. The quantitative estimate of drug-likeness (QED) is 0.823. The predicted octanol–water partition coefficient (Wildman–Crippen LogP) is 2.67. The predicted molar refractivity (Wildman–Crippen MR) is 60.8 cm³/mol. The Morgan fingerprint density at radius 2 is 1.87 bits per heavy atom. The Hall–Kier alpha value is -1.38. The normalized spacial score (nSPS) is 15.6. The van der Waals surface area contributed by atoms with Gasteiger partial charge < -0.3 is 14.8 Å². The lowest BCUT2D eigenvalue weighted by Crippen LogP contribution is -2.26. The van der Waals surface area contributed by atoms with Crippen LogP contribution in [0, 0.1) is 0 Å². The molecule has 0 radical (unpaired) electrons. The van der Waals surface area contributed by atoms with E-state index in [4.69, 9.17) is 9.47 Å². The molecule has 0 aromatic heterocycles. The molecule has 0 bridgehead atoms. The van der Waals surface area contributed by atoms with Crippen LogP contribution in [0.1, 0.15) is 19.3 Å². The molecule has 3 heteroatoms. The van der Waals surface area contributed by atoms with E-state index >= 15 is 0 Å². The number of anilines is 1. The van der Waals surface area contributed by atoms with Crippen molar-refractivity contribution in [3.05, 3.63) is 18.2 Å². The first-order valence-electron chi connectivity index (χ1n) is 5.32. The fourth-order valence-corrected chi connectivity index (χ4v) is 1.71. The lowest BCUT2D eigenvalue weighted by Gasteiger charge is -2.27. The molecule has 1 saturated carbocycles. The number of benzene rings is 1. The Bertz CT molecular complexity index is 334. The van der Waals surface area contributed by atoms with Gasteiger partial charge in [-0.05, 0) is 31.4 Å². The van der Waals surface area contributed by atoms with Gasteiger partial charge in [0, 0.05) is 17.8 Å². The van der Waals surface area contributed by atoms with E-state index in [1.54, 1.807) is 14.2 Å². The van der Waals surface area contributed by atoms with E-state index in [-0.39, 0.29) is 0 Å². The third kappa shape index (κ3) is 2.17. The molecule has 0 saturated heterocycles. The number of hydrogen-bond acceptors (Lipinski definition) is 3. The van der Waals surface area contributed by atoms with Crippen molar-refractivity contribution >= 4 is 5.69 Å². The van der Waals surface area contributed by atoms with Crippen molar-refractivity contribution in [2.24, 2.45) is 0 Å². The van der Waals surface area contributed by atoms with Gasteiger partial charge in [0.15, 0.2) is 11.5 Å². The first kappa shape index (κ1) is 10.1. The molecule has 2 rings (SSSR count). The summed E-state index contributed by atoms with van der Waals surface area (Å²) in [5, 5.41) is 3.47. The van der Waals surface area contributed by atoms with E-state index in [9.17, 15) is 0 Å². The highest BCUT2D eigenvalue weighted by Gasteiger charge is 2.17. The molecule has 3 nitrogen and oxygen atoms in total. The molecule has 0 amide bonds. The number of nitrogens with one attached hydrogen (secondary N) is 1. The first-order chi connectivity index (χ1) is 7.33. The van der Waals surface area contributed by atoms with Crippen LogP contribution in [-0.4, -0.2) is 20.3 Å². The summed E-state index contributed by atoms with van der Waals surface area (Å²) in [5.74, 6) is 1.55. The smallest absolute Gasteiger partial charge is 0.162 e. The van der Waals surface area contributed by atoms with Gasteiger partial charge in [-0.3, -0.25) is 0 Å². The second-order valence-corrected chi connectivity index (χ2v) is 3.84. The molecule has 0 aliphatic heterocycles. The summed E-state index contributed by atoms with van der Waals surface area (Å²) in [5.41, 5.74) is 1.11. The molecule has 1 aliphatic carbocycles. The van der Waals surface area contributed by atoms with Gasteiger partial charge in [0.05, 0.1) is 14.2 Å². The van der Waals surface area contributed by atoms with Gasteiger partial charge in [-0.25, -0.2) is 0 Å². The maximum absolute atomic E-state index is 5.25. The highest BCUT2D eigenvalue weighted by molar-refractivity contribution is 5.55. The molecule has 1 N–H and O–H groups in total. The summed E-state index contributed by atoms with van der Waals surface area (Å²) in [7, 11) is 3.31. The fourth-order valence-electron chi connectivity index (χ4n) is 1.71. The molecule has 82 valence electrons. The summed E-state index contributed by atoms with van der Waals surface area (Å²) in [6.07, 6.45) is 3.88. The number of methoxy groups -OCH3 is 2. The second kappa shape index (κ2) is 4.43. The molecule has 1 fully saturated rings. The monoisotopic (exact) mass is 207 g/mol. The average molecular weight is 207 g/mol. The van der Waals surface area contributed by atoms with Crippen molar-refractivity contribution in [3.8, 4) is 11.5 Å². The molecular weight excluding hydrogens is 190 g/mol. The third-order valence-corrected chi connectivity index (χ3v) is 2.86. The van der Waals surface area contributed by atoms with Crippen molar-refractivity contribution < 1.29 is 9.47 Å². The standard InChI is InChI=1S/C12H17NO2/c1-14-11-7-6-10(8-12(11)15-2)13-9-4-3-5-9/h6-9,13H,3-5H2,1-2H3. The van der Waals surface area contributed by atoms with E-state index in [0.29, 0.717) is 6.04 Å². The van der Waals surface area contributed by atoms with E-state index in [1.165, 1.54) is 19.3 Å². The summed E-state index contributed by atoms with van der Waals surface area (Å²) in [6, 6.07) is 6.58. The third-order valence-electron chi connectivity index (χ3n) is 2.86. The summed E-state index contributed by atoms with van der Waals surface area (Å²) in [4.78, 5) is 0. The van der Waals surface area contributed by atoms with Crippen LogP contribution in [-0.2, 0) is 0 Å². The van der Waals surface area contributed by atoms with E-state index in [1.807, 2.05) is 18.2 Å². The lowest BCUT2D eigenvalue weighted by molar-refractivity contribution is 0.355. The minimum absolute atomic E-state index is 0.642. The Morgan fingerprint density at radius 3 is 2.40 bits per heavy atom. The lowest BCUT2D eigenvalue weighted by atomic mass is 9.93. The molecule has 0 heterocycles. The molecule has 0 spiro atoms. The van der Waals surface area contributed by atoms with Crippen LogP contribution < -0.4 is 14.8 Å². The van der Waals surface area contributed by atoms with Gasteiger partial charge in [-0.1, -0.05) is 0 Å². The van der Waals surface area contributed by atoms with Crippen LogP contribution in [0.15, 0.2) is 18.2 Å².